The number of piperazine rings is 1. The minimum absolute atomic E-state index is 0.0226. The molecule has 5 heteroatoms. The van der Waals surface area contributed by atoms with Crippen LogP contribution < -0.4 is 15.5 Å². The highest BCUT2D eigenvalue weighted by atomic mass is 16.2. The molecule has 1 aliphatic carbocycles. The van der Waals surface area contributed by atoms with E-state index in [1.165, 1.54) is 5.69 Å². The Morgan fingerprint density at radius 2 is 1.73 bits per heavy atom. The number of ketones is 1. The Morgan fingerprint density at radius 3 is 2.36 bits per heavy atom. The summed E-state index contributed by atoms with van der Waals surface area (Å²) < 4.78 is 0. The lowest BCUT2D eigenvalue weighted by molar-refractivity contribution is -0.125. The fraction of sp³-hybridized carbons (Fsp3) is 0.529. The number of amides is 1. The maximum atomic E-state index is 12.2. The van der Waals surface area contributed by atoms with Gasteiger partial charge in [0.05, 0.1) is 0 Å². The van der Waals surface area contributed by atoms with E-state index in [-0.39, 0.29) is 17.6 Å². The molecule has 5 nitrogen and oxygen atoms in total. The van der Waals surface area contributed by atoms with Gasteiger partial charge < -0.3 is 15.5 Å². The van der Waals surface area contributed by atoms with Gasteiger partial charge in [-0.15, -0.1) is 0 Å². The normalized spacial score (nSPS) is 20.0. The molecule has 118 valence electrons. The van der Waals surface area contributed by atoms with E-state index in [0.29, 0.717) is 25.7 Å². The standard InChI is InChI=1S/C17H23N3O2/c21-16-7-1-13(2-8-16)17(22)19-14-3-5-15(6-4-14)20-11-9-18-10-12-20/h3-6,13,18H,1-2,7-12H2,(H,19,22). The largest absolute Gasteiger partial charge is 0.369 e. The quantitative estimate of drug-likeness (QED) is 0.893. The van der Waals surface area contributed by atoms with Crippen LogP contribution in [0.1, 0.15) is 25.7 Å². The average molecular weight is 301 g/mol. The van der Waals surface area contributed by atoms with Crippen molar-refractivity contribution in [3.05, 3.63) is 24.3 Å². The molecule has 3 rings (SSSR count). The van der Waals surface area contributed by atoms with Crippen LogP contribution in [0.25, 0.3) is 0 Å². The first-order valence-corrected chi connectivity index (χ1v) is 8.11. The highest BCUT2D eigenvalue weighted by Crippen LogP contribution is 2.24. The van der Waals surface area contributed by atoms with Crippen LogP contribution in [0.4, 0.5) is 11.4 Å². The number of carbonyl (C=O) groups is 2. The van der Waals surface area contributed by atoms with Crippen molar-refractivity contribution in [2.24, 2.45) is 5.92 Å². The number of carbonyl (C=O) groups excluding carboxylic acids is 2. The van der Waals surface area contributed by atoms with Crippen molar-refractivity contribution in [1.82, 2.24) is 5.32 Å². The molecule has 0 unspecified atom stereocenters. The van der Waals surface area contributed by atoms with Crippen LogP contribution in [0, 0.1) is 5.92 Å². The van der Waals surface area contributed by atoms with Crippen LogP contribution in [0.5, 0.6) is 0 Å². The van der Waals surface area contributed by atoms with Crippen LogP contribution in [-0.4, -0.2) is 37.9 Å². The summed E-state index contributed by atoms with van der Waals surface area (Å²) >= 11 is 0. The van der Waals surface area contributed by atoms with Gasteiger partial charge >= 0.3 is 0 Å². The van der Waals surface area contributed by atoms with Crippen LogP contribution in [0.3, 0.4) is 0 Å². The lowest BCUT2D eigenvalue weighted by atomic mass is 9.88. The van der Waals surface area contributed by atoms with Gasteiger partial charge in [-0.3, -0.25) is 9.59 Å². The molecule has 1 saturated carbocycles. The number of hydrogen-bond acceptors (Lipinski definition) is 4. The number of hydrogen-bond donors (Lipinski definition) is 2. The zero-order valence-electron chi connectivity index (χ0n) is 12.8. The van der Waals surface area contributed by atoms with Gasteiger partial charge in [-0.2, -0.15) is 0 Å². The molecule has 2 aliphatic rings. The van der Waals surface area contributed by atoms with E-state index in [2.05, 4.69) is 27.7 Å². The Kier molecular flexibility index (Phi) is 4.73. The Bertz CT molecular complexity index is 525. The molecule has 1 saturated heterocycles. The number of benzene rings is 1. The highest BCUT2D eigenvalue weighted by Gasteiger charge is 2.24. The van der Waals surface area contributed by atoms with Crippen molar-refractivity contribution in [2.45, 2.75) is 25.7 Å². The molecule has 0 aromatic heterocycles. The van der Waals surface area contributed by atoms with E-state index in [1.807, 2.05) is 12.1 Å². The van der Waals surface area contributed by atoms with E-state index in [1.54, 1.807) is 0 Å². The Balaban J connectivity index is 1.56. The maximum Gasteiger partial charge on any atom is 0.227 e. The van der Waals surface area contributed by atoms with Gasteiger partial charge in [-0.25, -0.2) is 0 Å². The molecular formula is C17H23N3O2. The van der Waals surface area contributed by atoms with Crippen molar-refractivity contribution >= 4 is 23.1 Å². The average Bonchev–Trinajstić information content (AvgIpc) is 2.57. The molecule has 1 amide bonds. The summed E-state index contributed by atoms with van der Waals surface area (Å²) in [5.74, 6) is 0.303. The zero-order valence-corrected chi connectivity index (χ0v) is 12.8. The monoisotopic (exact) mass is 301 g/mol. The molecular weight excluding hydrogens is 278 g/mol. The zero-order chi connectivity index (χ0) is 15.4. The SMILES string of the molecule is O=C1CCC(C(=O)Nc2ccc(N3CCNCC3)cc2)CC1. The third-order valence-electron chi connectivity index (χ3n) is 4.53. The molecule has 0 radical (unpaired) electrons. The third kappa shape index (κ3) is 3.65. The van der Waals surface area contributed by atoms with E-state index in [4.69, 9.17) is 0 Å². The van der Waals surface area contributed by atoms with Crippen LogP contribution in [0.15, 0.2) is 24.3 Å². The van der Waals surface area contributed by atoms with Gasteiger partial charge in [0.25, 0.3) is 0 Å². The first-order valence-electron chi connectivity index (χ1n) is 8.11. The number of nitrogens with one attached hydrogen (secondary N) is 2. The van der Waals surface area contributed by atoms with Gasteiger partial charge in [0.15, 0.2) is 0 Å². The molecule has 0 spiro atoms. The van der Waals surface area contributed by atoms with E-state index >= 15 is 0 Å². The summed E-state index contributed by atoms with van der Waals surface area (Å²) in [6.45, 7) is 4.06. The summed E-state index contributed by atoms with van der Waals surface area (Å²) in [5, 5.41) is 6.31. The molecule has 22 heavy (non-hydrogen) atoms. The van der Waals surface area contributed by atoms with E-state index < -0.39 is 0 Å². The predicted molar refractivity (Wildman–Crippen MR) is 87.1 cm³/mol. The second kappa shape index (κ2) is 6.92. The Labute approximate surface area is 131 Å². The summed E-state index contributed by atoms with van der Waals surface area (Å²) in [6, 6.07) is 8.04. The van der Waals surface area contributed by atoms with Crippen LogP contribution in [-0.2, 0) is 9.59 Å². The van der Waals surface area contributed by atoms with Crippen LogP contribution >= 0.6 is 0 Å². The van der Waals surface area contributed by atoms with Crippen molar-refractivity contribution in [3.8, 4) is 0 Å². The van der Waals surface area contributed by atoms with Crippen molar-refractivity contribution in [1.29, 1.82) is 0 Å². The fourth-order valence-electron chi connectivity index (χ4n) is 3.12. The van der Waals surface area contributed by atoms with Gasteiger partial charge in [0.1, 0.15) is 5.78 Å². The lowest BCUT2D eigenvalue weighted by Gasteiger charge is -2.29. The topological polar surface area (TPSA) is 61.4 Å². The maximum absolute atomic E-state index is 12.2. The summed E-state index contributed by atoms with van der Waals surface area (Å²) in [4.78, 5) is 25.8. The molecule has 1 aromatic rings. The number of Topliss-reactive ketones (excluding diaryl/α,β-unsaturated/α-hetero) is 1. The Hall–Kier alpha value is -1.88. The fourth-order valence-corrected chi connectivity index (χ4v) is 3.12. The first-order chi connectivity index (χ1) is 10.7. The smallest absolute Gasteiger partial charge is 0.227 e. The van der Waals surface area contributed by atoms with Crippen LogP contribution in [0.2, 0.25) is 0 Å². The Morgan fingerprint density at radius 1 is 1.09 bits per heavy atom. The molecule has 2 fully saturated rings. The molecule has 2 N–H and O–H groups in total. The van der Waals surface area contributed by atoms with Crippen molar-refractivity contribution in [3.63, 3.8) is 0 Å². The van der Waals surface area contributed by atoms with E-state index in [0.717, 1.165) is 31.9 Å². The second-order valence-corrected chi connectivity index (χ2v) is 6.09. The highest BCUT2D eigenvalue weighted by molar-refractivity contribution is 5.94. The summed E-state index contributed by atoms with van der Waals surface area (Å²) in [7, 11) is 0. The minimum Gasteiger partial charge on any atom is -0.369 e. The lowest BCUT2D eigenvalue weighted by Crippen LogP contribution is -2.43. The summed E-state index contributed by atoms with van der Waals surface area (Å²) in [5.41, 5.74) is 2.03. The predicted octanol–water partition coefficient (Wildman–Crippen LogP) is 1.79. The number of rotatable bonds is 3. The van der Waals surface area contributed by atoms with Gasteiger partial charge in [-0.1, -0.05) is 0 Å². The van der Waals surface area contributed by atoms with Crippen molar-refractivity contribution < 1.29 is 9.59 Å². The molecule has 1 aromatic carbocycles. The molecule has 1 aliphatic heterocycles. The van der Waals surface area contributed by atoms with Gasteiger partial charge in [0.2, 0.25) is 5.91 Å². The number of nitrogens with zero attached hydrogens (tertiary/aromatic N) is 1. The minimum atomic E-state index is -0.0226. The second-order valence-electron chi connectivity index (χ2n) is 6.09. The van der Waals surface area contributed by atoms with Gasteiger partial charge in [0, 0.05) is 56.3 Å². The first kappa shape index (κ1) is 15.0. The third-order valence-corrected chi connectivity index (χ3v) is 4.53. The molecule has 0 atom stereocenters. The number of anilines is 2. The van der Waals surface area contributed by atoms with Gasteiger partial charge in [-0.05, 0) is 37.1 Å². The molecule has 1 heterocycles. The summed E-state index contributed by atoms with van der Waals surface area (Å²) in [6.07, 6.45) is 2.45. The van der Waals surface area contributed by atoms with E-state index in [9.17, 15) is 9.59 Å². The van der Waals surface area contributed by atoms with Crippen molar-refractivity contribution in [2.75, 3.05) is 36.4 Å². The molecule has 0 bridgehead atoms.